The zero-order chi connectivity index (χ0) is 13.5. The normalized spacial score (nSPS) is 10.4. The van der Waals surface area contributed by atoms with Crippen molar-refractivity contribution in [3.05, 3.63) is 4.88 Å². The van der Waals surface area contributed by atoms with Crippen LogP contribution in [0.1, 0.15) is 23.5 Å². The van der Waals surface area contributed by atoms with E-state index in [2.05, 4.69) is 10.3 Å². The van der Waals surface area contributed by atoms with Crippen LogP contribution in [0.15, 0.2) is 0 Å². The highest BCUT2D eigenvalue weighted by molar-refractivity contribution is 7.18. The van der Waals surface area contributed by atoms with Gasteiger partial charge in [-0.1, -0.05) is 11.3 Å². The Balaban J connectivity index is 2.64. The summed E-state index contributed by atoms with van der Waals surface area (Å²) in [5.41, 5.74) is 5.75. The number of rotatable bonds is 7. The largest absolute Gasteiger partial charge is 0.382 e. The molecule has 1 aromatic heterocycles. The highest BCUT2D eigenvalue weighted by Gasteiger charge is 2.19. The first-order valence-corrected chi connectivity index (χ1v) is 6.75. The molecular formula is C11H20N4O2S. The van der Waals surface area contributed by atoms with E-state index in [9.17, 15) is 4.79 Å². The average Bonchev–Trinajstić information content (AvgIpc) is 2.70. The number of nitrogen functional groups attached to an aromatic ring is 1. The van der Waals surface area contributed by atoms with E-state index in [4.69, 9.17) is 10.5 Å². The van der Waals surface area contributed by atoms with Crippen molar-refractivity contribution in [3.63, 3.8) is 0 Å². The molecule has 7 heteroatoms. The van der Waals surface area contributed by atoms with E-state index < -0.39 is 0 Å². The maximum Gasteiger partial charge on any atom is 0.267 e. The summed E-state index contributed by atoms with van der Waals surface area (Å²) >= 11 is 1.28. The molecule has 102 valence electrons. The summed E-state index contributed by atoms with van der Waals surface area (Å²) in [5, 5.41) is 3.72. The zero-order valence-corrected chi connectivity index (χ0v) is 11.8. The Morgan fingerprint density at radius 3 is 2.89 bits per heavy atom. The third kappa shape index (κ3) is 3.85. The molecule has 0 atom stereocenters. The molecule has 6 nitrogen and oxygen atoms in total. The van der Waals surface area contributed by atoms with Gasteiger partial charge in [-0.3, -0.25) is 4.79 Å². The second-order valence-electron chi connectivity index (χ2n) is 3.69. The van der Waals surface area contributed by atoms with Crippen molar-refractivity contribution in [2.75, 3.05) is 44.4 Å². The quantitative estimate of drug-likeness (QED) is 0.731. The summed E-state index contributed by atoms with van der Waals surface area (Å²) in [4.78, 5) is 18.3. The smallest absolute Gasteiger partial charge is 0.267 e. The van der Waals surface area contributed by atoms with Gasteiger partial charge in [0.25, 0.3) is 5.91 Å². The number of hydrogen-bond donors (Lipinski definition) is 2. The van der Waals surface area contributed by atoms with Crippen LogP contribution in [0.2, 0.25) is 0 Å². The minimum absolute atomic E-state index is 0.117. The number of likely N-dealkylation sites (N-methyl/N-ethyl adjacent to an activating group) is 1. The summed E-state index contributed by atoms with van der Waals surface area (Å²) in [7, 11) is 1.73. The van der Waals surface area contributed by atoms with Gasteiger partial charge in [-0.2, -0.15) is 0 Å². The first kappa shape index (κ1) is 14.7. The summed E-state index contributed by atoms with van der Waals surface area (Å²) in [6.45, 7) is 6.35. The number of carbonyl (C=O) groups excluding carboxylic acids is 1. The van der Waals surface area contributed by atoms with Crippen molar-refractivity contribution >= 4 is 28.2 Å². The topological polar surface area (TPSA) is 80.5 Å². The maximum absolute atomic E-state index is 12.1. The Hall–Kier alpha value is -1.34. The van der Waals surface area contributed by atoms with Crippen LogP contribution >= 0.6 is 11.3 Å². The van der Waals surface area contributed by atoms with E-state index in [1.165, 1.54) is 11.3 Å². The van der Waals surface area contributed by atoms with Crippen LogP contribution in [0.3, 0.4) is 0 Å². The van der Waals surface area contributed by atoms with Gasteiger partial charge in [-0.05, 0) is 13.8 Å². The molecule has 0 saturated carbocycles. The Labute approximate surface area is 111 Å². The van der Waals surface area contributed by atoms with Gasteiger partial charge >= 0.3 is 0 Å². The lowest BCUT2D eigenvalue weighted by Crippen LogP contribution is -2.30. The van der Waals surface area contributed by atoms with E-state index >= 15 is 0 Å². The number of thiazole rings is 1. The lowest BCUT2D eigenvalue weighted by atomic mass is 10.4. The van der Waals surface area contributed by atoms with Crippen LogP contribution in [0.25, 0.3) is 0 Å². The van der Waals surface area contributed by atoms with Gasteiger partial charge in [-0.15, -0.1) is 0 Å². The van der Waals surface area contributed by atoms with Gasteiger partial charge in [0, 0.05) is 26.7 Å². The number of hydrogen-bond acceptors (Lipinski definition) is 6. The number of amides is 1. The molecule has 0 fully saturated rings. The highest BCUT2D eigenvalue weighted by Crippen LogP contribution is 2.25. The van der Waals surface area contributed by atoms with Crippen LogP contribution in [0.5, 0.6) is 0 Å². The Bertz CT molecular complexity index is 394. The number of nitrogens with one attached hydrogen (secondary N) is 1. The van der Waals surface area contributed by atoms with Gasteiger partial charge in [0.05, 0.1) is 6.61 Å². The van der Waals surface area contributed by atoms with E-state index in [1.807, 2.05) is 13.8 Å². The lowest BCUT2D eigenvalue weighted by Gasteiger charge is -2.15. The predicted octanol–water partition coefficient (Wildman–Crippen LogP) is 1.27. The van der Waals surface area contributed by atoms with Crippen LogP contribution in [0.4, 0.5) is 10.9 Å². The molecule has 0 saturated heterocycles. The Kier molecular flexibility index (Phi) is 5.87. The van der Waals surface area contributed by atoms with E-state index in [0.29, 0.717) is 29.8 Å². The Morgan fingerprint density at radius 1 is 1.56 bits per heavy atom. The fourth-order valence-electron chi connectivity index (χ4n) is 1.33. The molecular weight excluding hydrogens is 252 g/mol. The minimum Gasteiger partial charge on any atom is -0.382 e. The number of aromatic nitrogens is 1. The van der Waals surface area contributed by atoms with Crippen LogP contribution in [0, 0.1) is 0 Å². The van der Waals surface area contributed by atoms with Crippen molar-refractivity contribution in [1.82, 2.24) is 9.88 Å². The zero-order valence-electron chi connectivity index (χ0n) is 11.0. The van der Waals surface area contributed by atoms with Gasteiger partial charge in [0.2, 0.25) is 0 Å². The number of ether oxygens (including phenoxy) is 1. The van der Waals surface area contributed by atoms with Crippen LogP contribution in [-0.4, -0.2) is 49.1 Å². The summed E-state index contributed by atoms with van der Waals surface area (Å²) in [6, 6.07) is 0. The molecule has 0 radical (unpaired) electrons. The predicted molar refractivity (Wildman–Crippen MR) is 74.1 cm³/mol. The molecule has 1 heterocycles. The molecule has 0 aliphatic rings. The fourth-order valence-corrected chi connectivity index (χ4v) is 2.28. The third-order valence-electron chi connectivity index (χ3n) is 2.30. The lowest BCUT2D eigenvalue weighted by molar-refractivity contribution is 0.0715. The number of nitrogens with two attached hydrogens (primary N) is 1. The van der Waals surface area contributed by atoms with Crippen molar-refractivity contribution < 1.29 is 9.53 Å². The number of carbonyl (C=O) groups is 1. The van der Waals surface area contributed by atoms with E-state index in [-0.39, 0.29) is 11.7 Å². The van der Waals surface area contributed by atoms with Crippen LogP contribution < -0.4 is 11.1 Å². The minimum atomic E-state index is -0.117. The molecule has 0 aliphatic carbocycles. The van der Waals surface area contributed by atoms with Gasteiger partial charge in [0.1, 0.15) is 10.7 Å². The summed E-state index contributed by atoms with van der Waals surface area (Å²) < 4.78 is 5.21. The highest BCUT2D eigenvalue weighted by atomic mass is 32.1. The maximum atomic E-state index is 12.1. The standard InChI is InChI=1S/C11H20N4O2S/c1-4-13-11-14-9(12)8(18-11)10(16)15(3)6-7-17-5-2/h4-7,12H2,1-3H3,(H,13,14). The molecule has 1 amide bonds. The molecule has 3 N–H and O–H groups in total. The van der Waals surface area contributed by atoms with Gasteiger partial charge in [0.15, 0.2) is 5.13 Å². The third-order valence-corrected chi connectivity index (χ3v) is 3.31. The van der Waals surface area contributed by atoms with Gasteiger partial charge < -0.3 is 20.7 Å². The Morgan fingerprint density at radius 2 is 2.28 bits per heavy atom. The van der Waals surface area contributed by atoms with E-state index in [0.717, 1.165) is 6.54 Å². The number of nitrogens with zero attached hydrogens (tertiary/aromatic N) is 2. The molecule has 0 bridgehead atoms. The second-order valence-corrected chi connectivity index (χ2v) is 4.69. The molecule has 0 spiro atoms. The number of anilines is 2. The summed E-state index contributed by atoms with van der Waals surface area (Å²) in [5.74, 6) is 0.165. The molecule has 0 aromatic carbocycles. The monoisotopic (exact) mass is 272 g/mol. The van der Waals surface area contributed by atoms with Crippen LogP contribution in [-0.2, 0) is 4.74 Å². The second kappa shape index (κ2) is 7.17. The SMILES string of the molecule is CCNc1nc(N)c(C(=O)N(C)CCOCC)s1. The molecule has 0 aliphatic heterocycles. The van der Waals surface area contributed by atoms with Crippen molar-refractivity contribution in [2.24, 2.45) is 0 Å². The average molecular weight is 272 g/mol. The molecule has 18 heavy (non-hydrogen) atoms. The van der Waals surface area contributed by atoms with Gasteiger partial charge in [-0.25, -0.2) is 4.98 Å². The van der Waals surface area contributed by atoms with Crippen molar-refractivity contribution in [2.45, 2.75) is 13.8 Å². The van der Waals surface area contributed by atoms with Crippen molar-refractivity contribution in [3.8, 4) is 0 Å². The van der Waals surface area contributed by atoms with Crippen molar-refractivity contribution in [1.29, 1.82) is 0 Å². The molecule has 1 aromatic rings. The molecule has 0 unspecified atom stereocenters. The molecule has 1 rings (SSSR count). The fraction of sp³-hybridized carbons (Fsp3) is 0.636. The summed E-state index contributed by atoms with van der Waals surface area (Å²) in [6.07, 6.45) is 0. The first-order chi connectivity index (χ1) is 8.60. The van der Waals surface area contributed by atoms with E-state index in [1.54, 1.807) is 11.9 Å². The first-order valence-electron chi connectivity index (χ1n) is 5.93.